The van der Waals surface area contributed by atoms with E-state index in [4.69, 9.17) is 0 Å². The fourth-order valence-electron chi connectivity index (χ4n) is 2.83. The first-order valence-electron chi connectivity index (χ1n) is 9.27. The van der Waals surface area contributed by atoms with Crippen LogP contribution in [0.2, 0.25) is 0 Å². The van der Waals surface area contributed by atoms with Crippen molar-refractivity contribution >= 4 is 17.8 Å². The van der Waals surface area contributed by atoms with Gasteiger partial charge in [-0.05, 0) is 29.8 Å². The van der Waals surface area contributed by atoms with Crippen LogP contribution in [0, 0.1) is 10.1 Å². The molecule has 0 aliphatic rings. The van der Waals surface area contributed by atoms with Gasteiger partial charge >= 0.3 is 5.91 Å². The molecule has 152 valence electrons. The van der Waals surface area contributed by atoms with E-state index < -0.39 is 10.8 Å². The van der Waals surface area contributed by atoms with Gasteiger partial charge in [-0.2, -0.15) is 5.10 Å². The molecular formula is C22H16N6O3. The van der Waals surface area contributed by atoms with Gasteiger partial charge in [0.25, 0.3) is 5.69 Å². The average Bonchev–Trinajstić information content (AvgIpc) is 3.26. The predicted octanol–water partition coefficient (Wildman–Crippen LogP) is 3.61. The van der Waals surface area contributed by atoms with E-state index in [9.17, 15) is 14.9 Å². The highest BCUT2D eigenvalue weighted by Crippen LogP contribution is 2.21. The number of nitrogens with zero attached hydrogens (tertiary/aromatic N) is 5. The van der Waals surface area contributed by atoms with Crippen LogP contribution in [-0.4, -0.2) is 31.8 Å². The topological polar surface area (TPSA) is 115 Å². The van der Waals surface area contributed by atoms with Crippen LogP contribution in [0.3, 0.4) is 0 Å². The molecule has 1 amide bonds. The van der Waals surface area contributed by atoms with E-state index in [1.54, 1.807) is 4.68 Å². The molecule has 9 heteroatoms. The van der Waals surface area contributed by atoms with Crippen LogP contribution in [-0.2, 0) is 0 Å². The van der Waals surface area contributed by atoms with E-state index in [0.29, 0.717) is 11.4 Å². The number of benzene rings is 3. The molecule has 0 unspecified atom stereocenters. The zero-order valence-corrected chi connectivity index (χ0v) is 16.1. The summed E-state index contributed by atoms with van der Waals surface area (Å²) in [6.07, 6.45) is 1.38. The summed E-state index contributed by atoms with van der Waals surface area (Å²) in [7, 11) is 0. The number of nitro groups is 1. The van der Waals surface area contributed by atoms with Gasteiger partial charge in [0.05, 0.1) is 16.8 Å². The molecule has 0 aliphatic carbocycles. The normalized spacial score (nSPS) is 10.8. The maximum Gasteiger partial charge on any atom is 0.311 e. The van der Waals surface area contributed by atoms with E-state index in [1.807, 2.05) is 60.7 Å². The van der Waals surface area contributed by atoms with E-state index in [2.05, 4.69) is 20.6 Å². The Morgan fingerprint density at radius 2 is 1.61 bits per heavy atom. The highest BCUT2D eigenvalue weighted by atomic mass is 16.6. The van der Waals surface area contributed by atoms with Gasteiger partial charge in [-0.15, -0.1) is 5.10 Å². The summed E-state index contributed by atoms with van der Waals surface area (Å²) in [6, 6.07) is 24.6. The summed E-state index contributed by atoms with van der Waals surface area (Å²) >= 11 is 0. The molecule has 9 nitrogen and oxygen atoms in total. The third kappa shape index (κ3) is 4.51. The SMILES string of the molecule is O=C(NN=Cc1ccc([N+](=O)[O-])cc1)c1nc(-c2ccccc2)n(-c2ccccc2)n1. The van der Waals surface area contributed by atoms with E-state index in [1.165, 1.54) is 30.5 Å². The first kappa shape index (κ1) is 19.6. The molecule has 0 aliphatic heterocycles. The molecule has 0 saturated carbocycles. The maximum atomic E-state index is 12.6. The number of carbonyl (C=O) groups is 1. The second kappa shape index (κ2) is 8.78. The van der Waals surface area contributed by atoms with Gasteiger partial charge in [-0.25, -0.2) is 15.1 Å². The van der Waals surface area contributed by atoms with Crippen molar-refractivity contribution in [2.24, 2.45) is 5.10 Å². The van der Waals surface area contributed by atoms with Gasteiger partial charge in [0.1, 0.15) is 0 Å². The summed E-state index contributed by atoms with van der Waals surface area (Å²) in [6.45, 7) is 0. The van der Waals surface area contributed by atoms with Crippen LogP contribution in [0.15, 0.2) is 90.0 Å². The fraction of sp³-hybridized carbons (Fsp3) is 0. The Kier molecular flexibility index (Phi) is 5.57. The number of non-ortho nitro benzene ring substituents is 1. The number of nitro benzene ring substituents is 1. The van der Waals surface area contributed by atoms with Crippen molar-refractivity contribution in [2.45, 2.75) is 0 Å². The number of nitrogens with one attached hydrogen (secondary N) is 1. The summed E-state index contributed by atoms with van der Waals surface area (Å²) in [5.74, 6) is -0.0927. The number of carbonyl (C=O) groups excluding carboxylic acids is 1. The summed E-state index contributed by atoms with van der Waals surface area (Å²) in [5, 5.41) is 19.0. The van der Waals surface area contributed by atoms with Gasteiger partial charge in [0, 0.05) is 17.7 Å². The molecule has 0 radical (unpaired) electrons. The summed E-state index contributed by atoms with van der Waals surface area (Å²) < 4.78 is 1.60. The summed E-state index contributed by atoms with van der Waals surface area (Å²) in [5.41, 5.74) is 4.54. The monoisotopic (exact) mass is 412 g/mol. The van der Waals surface area contributed by atoms with Crippen LogP contribution in [0.25, 0.3) is 17.1 Å². The number of amides is 1. The smallest absolute Gasteiger partial charge is 0.264 e. The second-order valence-electron chi connectivity index (χ2n) is 6.42. The van der Waals surface area contributed by atoms with Crippen molar-refractivity contribution in [3.63, 3.8) is 0 Å². The summed E-state index contributed by atoms with van der Waals surface area (Å²) in [4.78, 5) is 27.2. The molecule has 0 atom stereocenters. The molecule has 1 N–H and O–H groups in total. The number of hydrogen-bond acceptors (Lipinski definition) is 6. The number of hydrazone groups is 1. The van der Waals surface area contributed by atoms with Crippen LogP contribution in [0.4, 0.5) is 5.69 Å². The van der Waals surface area contributed by atoms with E-state index in [0.717, 1.165) is 11.3 Å². The largest absolute Gasteiger partial charge is 0.311 e. The van der Waals surface area contributed by atoms with Crippen molar-refractivity contribution in [1.82, 2.24) is 20.2 Å². The number of hydrogen-bond donors (Lipinski definition) is 1. The minimum Gasteiger partial charge on any atom is -0.264 e. The lowest BCUT2D eigenvalue weighted by atomic mass is 10.2. The Morgan fingerprint density at radius 1 is 0.968 bits per heavy atom. The standard InChI is InChI=1S/C22H16N6O3/c29-22(25-23-15-16-11-13-19(14-12-16)28(30)31)20-24-21(17-7-3-1-4-8-17)27(26-20)18-9-5-2-6-10-18/h1-15H,(H,25,29). The first-order chi connectivity index (χ1) is 15.1. The average molecular weight is 412 g/mol. The molecule has 4 rings (SSSR count). The number of rotatable bonds is 6. The Morgan fingerprint density at radius 3 is 2.26 bits per heavy atom. The highest BCUT2D eigenvalue weighted by molar-refractivity contribution is 5.92. The Balaban J connectivity index is 1.57. The van der Waals surface area contributed by atoms with Crippen molar-refractivity contribution in [1.29, 1.82) is 0 Å². The lowest BCUT2D eigenvalue weighted by Gasteiger charge is -2.05. The minimum absolute atomic E-state index is 0.0229. The van der Waals surface area contributed by atoms with Crippen LogP contribution in [0.5, 0.6) is 0 Å². The zero-order valence-electron chi connectivity index (χ0n) is 16.1. The number of aromatic nitrogens is 3. The molecule has 1 heterocycles. The van der Waals surface area contributed by atoms with Crippen molar-refractivity contribution in [2.75, 3.05) is 0 Å². The molecule has 31 heavy (non-hydrogen) atoms. The molecular weight excluding hydrogens is 396 g/mol. The van der Waals surface area contributed by atoms with Gasteiger partial charge in [-0.3, -0.25) is 14.9 Å². The first-order valence-corrected chi connectivity index (χ1v) is 9.27. The van der Waals surface area contributed by atoms with E-state index >= 15 is 0 Å². The molecule has 3 aromatic carbocycles. The quantitative estimate of drug-likeness (QED) is 0.295. The Labute approximate surface area is 176 Å². The highest BCUT2D eigenvalue weighted by Gasteiger charge is 2.18. The van der Waals surface area contributed by atoms with Crippen LogP contribution < -0.4 is 5.43 Å². The fourth-order valence-corrected chi connectivity index (χ4v) is 2.83. The molecule has 4 aromatic rings. The van der Waals surface area contributed by atoms with Crippen molar-refractivity contribution < 1.29 is 9.72 Å². The molecule has 0 fully saturated rings. The molecule has 0 bridgehead atoms. The van der Waals surface area contributed by atoms with Crippen LogP contribution >= 0.6 is 0 Å². The minimum atomic E-state index is -0.579. The van der Waals surface area contributed by atoms with E-state index in [-0.39, 0.29) is 11.5 Å². The molecule has 0 spiro atoms. The zero-order chi connectivity index (χ0) is 21.6. The van der Waals surface area contributed by atoms with Crippen LogP contribution in [0.1, 0.15) is 16.2 Å². The predicted molar refractivity (Wildman–Crippen MR) is 115 cm³/mol. The lowest BCUT2D eigenvalue weighted by Crippen LogP contribution is -2.19. The second-order valence-corrected chi connectivity index (χ2v) is 6.42. The third-order valence-electron chi connectivity index (χ3n) is 4.33. The van der Waals surface area contributed by atoms with Gasteiger partial charge in [0.2, 0.25) is 5.82 Å². The maximum absolute atomic E-state index is 12.6. The van der Waals surface area contributed by atoms with Crippen molar-refractivity contribution in [3.8, 4) is 17.1 Å². The van der Waals surface area contributed by atoms with Gasteiger partial charge in [-0.1, -0.05) is 48.5 Å². The Bertz CT molecular complexity index is 1180. The molecule has 1 aromatic heterocycles. The van der Waals surface area contributed by atoms with Gasteiger partial charge < -0.3 is 0 Å². The third-order valence-corrected chi connectivity index (χ3v) is 4.33. The van der Waals surface area contributed by atoms with Crippen molar-refractivity contribution in [3.05, 3.63) is 106 Å². The Hall–Kier alpha value is -4.66. The molecule has 0 saturated heterocycles. The lowest BCUT2D eigenvalue weighted by molar-refractivity contribution is -0.384. The van der Waals surface area contributed by atoms with Gasteiger partial charge in [0.15, 0.2) is 5.82 Å². The number of para-hydroxylation sites is 1.